The minimum atomic E-state index is -0.0476. The zero-order valence-electron chi connectivity index (χ0n) is 14.6. The highest BCUT2D eigenvalue weighted by atomic mass is 16.5. The van der Waals surface area contributed by atoms with Gasteiger partial charge < -0.3 is 19.7 Å². The lowest BCUT2D eigenvalue weighted by Gasteiger charge is -2.28. The number of carbonyl (C=O) groups excluding carboxylic acids is 1. The van der Waals surface area contributed by atoms with Crippen molar-refractivity contribution in [3.63, 3.8) is 0 Å². The van der Waals surface area contributed by atoms with Crippen molar-refractivity contribution in [2.24, 2.45) is 5.92 Å². The van der Waals surface area contributed by atoms with Gasteiger partial charge in [0.25, 0.3) is 0 Å². The van der Waals surface area contributed by atoms with Gasteiger partial charge in [-0.15, -0.1) is 0 Å². The van der Waals surface area contributed by atoms with Crippen LogP contribution in [0.15, 0.2) is 18.2 Å². The van der Waals surface area contributed by atoms with Crippen LogP contribution in [0, 0.1) is 5.92 Å². The molecule has 2 rings (SSSR count). The molecular weight excluding hydrogens is 292 g/mol. The average molecular weight is 320 g/mol. The van der Waals surface area contributed by atoms with E-state index in [1.54, 1.807) is 14.2 Å². The fourth-order valence-corrected chi connectivity index (χ4v) is 3.03. The molecule has 1 aromatic carbocycles. The molecule has 0 spiro atoms. The van der Waals surface area contributed by atoms with E-state index in [1.165, 1.54) is 0 Å². The number of nitrogens with zero attached hydrogens (tertiary/aromatic N) is 1. The van der Waals surface area contributed by atoms with Gasteiger partial charge in [0.05, 0.1) is 20.3 Å². The molecule has 1 amide bonds. The van der Waals surface area contributed by atoms with Crippen molar-refractivity contribution in [2.45, 2.75) is 32.2 Å². The van der Waals surface area contributed by atoms with Crippen molar-refractivity contribution in [1.82, 2.24) is 10.2 Å². The van der Waals surface area contributed by atoms with Crippen LogP contribution in [0.3, 0.4) is 0 Å². The number of piperidine rings is 1. The Kier molecular flexibility index (Phi) is 6.28. The standard InChI is InChI=1S/C18H28N2O3/c1-13(15-5-6-16(22-3)17(12-15)23-4)19-18(21)11-14-7-9-20(2)10-8-14/h5-6,12-14H,7-11H2,1-4H3,(H,19,21)/t13-/m1/s1. The van der Waals surface area contributed by atoms with Crippen LogP contribution in [0.4, 0.5) is 0 Å². The average Bonchev–Trinajstić information content (AvgIpc) is 2.56. The number of carbonyl (C=O) groups is 1. The van der Waals surface area contributed by atoms with E-state index in [9.17, 15) is 4.79 Å². The normalized spacial score (nSPS) is 17.6. The van der Waals surface area contributed by atoms with Crippen LogP contribution in [-0.4, -0.2) is 45.2 Å². The van der Waals surface area contributed by atoms with E-state index < -0.39 is 0 Å². The van der Waals surface area contributed by atoms with Gasteiger partial charge >= 0.3 is 0 Å². The zero-order chi connectivity index (χ0) is 16.8. The molecule has 128 valence electrons. The maximum atomic E-state index is 12.3. The number of methoxy groups -OCH3 is 2. The first-order chi connectivity index (χ1) is 11.0. The minimum absolute atomic E-state index is 0.0476. The van der Waals surface area contributed by atoms with Crippen LogP contribution in [0.5, 0.6) is 11.5 Å². The molecule has 0 saturated carbocycles. The Hall–Kier alpha value is -1.75. The molecule has 0 bridgehead atoms. The van der Waals surface area contributed by atoms with Gasteiger partial charge in [-0.1, -0.05) is 6.07 Å². The molecule has 23 heavy (non-hydrogen) atoms. The number of ether oxygens (including phenoxy) is 2. The van der Waals surface area contributed by atoms with E-state index >= 15 is 0 Å². The molecular formula is C18H28N2O3. The van der Waals surface area contributed by atoms with Crippen LogP contribution >= 0.6 is 0 Å². The largest absolute Gasteiger partial charge is 0.493 e. The zero-order valence-corrected chi connectivity index (χ0v) is 14.6. The van der Waals surface area contributed by atoms with E-state index in [1.807, 2.05) is 25.1 Å². The highest BCUT2D eigenvalue weighted by molar-refractivity contribution is 5.76. The third kappa shape index (κ3) is 4.86. The summed E-state index contributed by atoms with van der Waals surface area (Å²) in [5, 5.41) is 3.09. The monoisotopic (exact) mass is 320 g/mol. The Morgan fingerprint density at radius 1 is 1.26 bits per heavy atom. The van der Waals surface area contributed by atoms with Crippen molar-refractivity contribution in [3.8, 4) is 11.5 Å². The molecule has 5 nitrogen and oxygen atoms in total. The molecule has 0 aliphatic carbocycles. The van der Waals surface area contributed by atoms with E-state index in [0.717, 1.165) is 31.5 Å². The number of hydrogen-bond donors (Lipinski definition) is 1. The molecule has 0 radical (unpaired) electrons. The summed E-state index contributed by atoms with van der Waals surface area (Å²) >= 11 is 0. The van der Waals surface area contributed by atoms with Crippen LogP contribution in [0.2, 0.25) is 0 Å². The van der Waals surface area contributed by atoms with Crippen LogP contribution in [0.1, 0.15) is 37.8 Å². The molecule has 1 aromatic rings. The van der Waals surface area contributed by atoms with Gasteiger partial charge in [0.1, 0.15) is 0 Å². The second kappa shape index (κ2) is 8.20. The van der Waals surface area contributed by atoms with E-state index in [2.05, 4.69) is 17.3 Å². The Morgan fingerprint density at radius 2 is 1.91 bits per heavy atom. The smallest absolute Gasteiger partial charge is 0.220 e. The molecule has 0 aromatic heterocycles. The second-order valence-corrected chi connectivity index (χ2v) is 6.35. The summed E-state index contributed by atoms with van der Waals surface area (Å²) < 4.78 is 10.6. The van der Waals surface area contributed by atoms with Gasteiger partial charge in [-0.2, -0.15) is 0 Å². The number of rotatable bonds is 6. The second-order valence-electron chi connectivity index (χ2n) is 6.35. The summed E-state index contributed by atoms with van der Waals surface area (Å²) in [7, 11) is 5.37. The summed E-state index contributed by atoms with van der Waals surface area (Å²) in [6.45, 7) is 4.17. The lowest BCUT2D eigenvalue weighted by Crippen LogP contribution is -2.34. The summed E-state index contributed by atoms with van der Waals surface area (Å²) in [6, 6.07) is 5.70. The predicted octanol–water partition coefficient (Wildman–Crippen LogP) is 2.61. The quantitative estimate of drug-likeness (QED) is 0.875. The number of benzene rings is 1. The van der Waals surface area contributed by atoms with Crippen molar-refractivity contribution in [2.75, 3.05) is 34.4 Å². The highest BCUT2D eigenvalue weighted by Gasteiger charge is 2.20. The molecule has 0 unspecified atom stereocenters. The Labute approximate surface area is 139 Å². The molecule has 1 saturated heterocycles. The van der Waals surface area contributed by atoms with E-state index in [4.69, 9.17) is 9.47 Å². The summed E-state index contributed by atoms with van der Waals surface area (Å²) in [5.74, 6) is 2.01. The summed E-state index contributed by atoms with van der Waals surface area (Å²) in [4.78, 5) is 14.6. The fraction of sp³-hybridized carbons (Fsp3) is 0.611. The third-order valence-electron chi connectivity index (χ3n) is 4.60. The molecule has 1 aliphatic heterocycles. The highest BCUT2D eigenvalue weighted by Crippen LogP contribution is 2.30. The van der Waals surface area contributed by atoms with E-state index in [-0.39, 0.29) is 11.9 Å². The van der Waals surface area contributed by atoms with Gasteiger partial charge in [-0.05, 0) is 63.5 Å². The summed E-state index contributed by atoms with van der Waals surface area (Å²) in [5.41, 5.74) is 1.01. The molecule has 1 heterocycles. The fourth-order valence-electron chi connectivity index (χ4n) is 3.03. The van der Waals surface area contributed by atoms with Crippen LogP contribution in [-0.2, 0) is 4.79 Å². The molecule has 1 N–H and O–H groups in total. The Balaban J connectivity index is 1.90. The van der Waals surface area contributed by atoms with Crippen LogP contribution in [0.25, 0.3) is 0 Å². The Bertz CT molecular complexity index is 525. The van der Waals surface area contributed by atoms with Crippen molar-refractivity contribution < 1.29 is 14.3 Å². The lowest BCUT2D eigenvalue weighted by atomic mass is 9.93. The first kappa shape index (κ1) is 17.6. The SMILES string of the molecule is COc1ccc([C@@H](C)NC(=O)CC2CCN(C)CC2)cc1OC. The van der Waals surface area contributed by atoms with Gasteiger partial charge in [-0.3, -0.25) is 4.79 Å². The van der Waals surface area contributed by atoms with Gasteiger partial charge in [0.15, 0.2) is 11.5 Å². The topological polar surface area (TPSA) is 50.8 Å². The van der Waals surface area contributed by atoms with Crippen molar-refractivity contribution in [3.05, 3.63) is 23.8 Å². The lowest BCUT2D eigenvalue weighted by molar-refractivity contribution is -0.123. The number of amides is 1. The van der Waals surface area contributed by atoms with Gasteiger partial charge in [0.2, 0.25) is 5.91 Å². The van der Waals surface area contributed by atoms with Gasteiger partial charge in [-0.25, -0.2) is 0 Å². The number of likely N-dealkylation sites (tertiary alicyclic amines) is 1. The Morgan fingerprint density at radius 3 is 2.52 bits per heavy atom. The molecule has 1 aliphatic rings. The number of hydrogen-bond acceptors (Lipinski definition) is 4. The first-order valence-corrected chi connectivity index (χ1v) is 8.23. The molecule has 1 atom stereocenters. The van der Waals surface area contributed by atoms with Crippen LogP contribution < -0.4 is 14.8 Å². The number of nitrogens with one attached hydrogen (secondary N) is 1. The minimum Gasteiger partial charge on any atom is -0.493 e. The maximum absolute atomic E-state index is 12.3. The van der Waals surface area contributed by atoms with Crippen molar-refractivity contribution >= 4 is 5.91 Å². The van der Waals surface area contributed by atoms with E-state index in [0.29, 0.717) is 23.8 Å². The predicted molar refractivity (Wildman–Crippen MR) is 90.9 cm³/mol. The van der Waals surface area contributed by atoms with Gasteiger partial charge in [0, 0.05) is 6.42 Å². The first-order valence-electron chi connectivity index (χ1n) is 8.23. The molecule has 1 fully saturated rings. The maximum Gasteiger partial charge on any atom is 0.220 e. The third-order valence-corrected chi connectivity index (χ3v) is 4.60. The summed E-state index contributed by atoms with van der Waals surface area (Å²) in [6.07, 6.45) is 2.83. The van der Waals surface area contributed by atoms with Crippen molar-refractivity contribution in [1.29, 1.82) is 0 Å². The molecule has 5 heteroatoms.